The number of nitrogens with one attached hydrogen (secondary N) is 1. The predicted octanol–water partition coefficient (Wildman–Crippen LogP) is 3.93. The van der Waals surface area contributed by atoms with Gasteiger partial charge < -0.3 is 14.6 Å². The third-order valence-electron chi connectivity index (χ3n) is 5.21. The van der Waals surface area contributed by atoms with Gasteiger partial charge in [-0.1, -0.05) is 36.4 Å². The monoisotopic (exact) mass is 416 g/mol. The summed E-state index contributed by atoms with van der Waals surface area (Å²) >= 11 is 0. The molecule has 0 bridgehead atoms. The molecule has 2 aromatic carbocycles. The van der Waals surface area contributed by atoms with E-state index in [9.17, 15) is 9.59 Å². The number of benzene rings is 2. The van der Waals surface area contributed by atoms with Crippen LogP contribution in [0.3, 0.4) is 0 Å². The lowest BCUT2D eigenvalue weighted by atomic mass is 10.2. The molecule has 31 heavy (non-hydrogen) atoms. The molecule has 0 atom stereocenters. The van der Waals surface area contributed by atoms with Crippen LogP contribution in [0.15, 0.2) is 60.8 Å². The van der Waals surface area contributed by atoms with E-state index in [2.05, 4.69) is 10.4 Å². The molecule has 7 heteroatoms. The third kappa shape index (κ3) is 4.21. The van der Waals surface area contributed by atoms with Gasteiger partial charge >= 0.3 is 5.97 Å². The first kappa shape index (κ1) is 20.4. The van der Waals surface area contributed by atoms with Crippen molar-refractivity contribution in [2.24, 2.45) is 0 Å². The first-order valence-corrected chi connectivity index (χ1v) is 10.1. The third-order valence-corrected chi connectivity index (χ3v) is 5.21. The zero-order valence-corrected chi connectivity index (χ0v) is 17.8. The van der Waals surface area contributed by atoms with E-state index in [0.29, 0.717) is 11.4 Å². The number of hydrogen-bond acceptors (Lipinski definition) is 4. The number of para-hydroxylation sites is 2. The highest BCUT2D eigenvalue weighted by Gasteiger charge is 2.17. The van der Waals surface area contributed by atoms with Crippen LogP contribution in [0, 0.1) is 20.8 Å². The maximum absolute atomic E-state index is 12.4. The minimum Gasteiger partial charge on any atom is -0.454 e. The Labute approximate surface area is 180 Å². The quantitative estimate of drug-likeness (QED) is 0.483. The fourth-order valence-electron chi connectivity index (χ4n) is 3.71. The van der Waals surface area contributed by atoms with Crippen molar-refractivity contribution in [1.29, 1.82) is 0 Å². The molecule has 2 heterocycles. The number of amides is 1. The molecule has 0 fully saturated rings. The second-order valence-corrected chi connectivity index (χ2v) is 7.46. The Bertz CT molecular complexity index is 1250. The van der Waals surface area contributed by atoms with Crippen LogP contribution in [0.4, 0.5) is 5.69 Å². The Kier molecular flexibility index (Phi) is 5.58. The number of carbonyl (C=O) groups is 2. The summed E-state index contributed by atoms with van der Waals surface area (Å²) < 4.78 is 8.82. The number of carbonyl (C=O) groups excluding carboxylic acids is 2. The molecule has 0 aliphatic heterocycles. The minimum absolute atomic E-state index is 0.0473. The molecule has 1 N–H and O–H groups in total. The van der Waals surface area contributed by atoms with Crippen molar-refractivity contribution in [2.75, 3.05) is 11.9 Å². The van der Waals surface area contributed by atoms with Crippen LogP contribution in [0.5, 0.6) is 0 Å². The van der Waals surface area contributed by atoms with Gasteiger partial charge in [0, 0.05) is 17.1 Å². The predicted molar refractivity (Wildman–Crippen MR) is 119 cm³/mol. The lowest BCUT2D eigenvalue weighted by Crippen LogP contribution is -2.23. The molecule has 0 saturated carbocycles. The van der Waals surface area contributed by atoms with Gasteiger partial charge in [0.15, 0.2) is 6.61 Å². The topological polar surface area (TPSA) is 78.2 Å². The van der Waals surface area contributed by atoms with Crippen molar-refractivity contribution in [3.05, 3.63) is 77.7 Å². The van der Waals surface area contributed by atoms with Crippen LogP contribution < -0.4 is 5.32 Å². The van der Waals surface area contributed by atoms with Crippen LogP contribution in [-0.4, -0.2) is 32.8 Å². The average Bonchev–Trinajstić information content (AvgIpc) is 3.24. The van der Waals surface area contributed by atoms with E-state index in [1.54, 1.807) is 4.68 Å². The number of fused-ring (bicyclic) bond motifs is 1. The van der Waals surface area contributed by atoms with E-state index < -0.39 is 11.9 Å². The van der Waals surface area contributed by atoms with Gasteiger partial charge in [-0.3, -0.25) is 9.59 Å². The van der Waals surface area contributed by atoms with E-state index in [4.69, 9.17) is 4.74 Å². The summed E-state index contributed by atoms with van der Waals surface area (Å²) in [6, 6.07) is 17.5. The maximum Gasteiger partial charge on any atom is 0.326 e. The highest BCUT2D eigenvalue weighted by Crippen LogP contribution is 2.23. The summed E-state index contributed by atoms with van der Waals surface area (Å²) in [4.78, 5) is 24.7. The van der Waals surface area contributed by atoms with Crippen molar-refractivity contribution in [1.82, 2.24) is 14.3 Å². The highest BCUT2D eigenvalue weighted by molar-refractivity contribution is 5.94. The summed E-state index contributed by atoms with van der Waals surface area (Å²) in [7, 11) is 0. The molecule has 4 rings (SSSR count). The van der Waals surface area contributed by atoms with Crippen molar-refractivity contribution in [2.45, 2.75) is 27.3 Å². The number of hydrogen-bond donors (Lipinski definition) is 1. The summed E-state index contributed by atoms with van der Waals surface area (Å²) in [6.45, 7) is 5.40. The molecule has 0 saturated heterocycles. The van der Waals surface area contributed by atoms with E-state index in [-0.39, 0.29) is 13.2 Å². The van der Waals surface area contributed by atoms with E-state index in [1.165, 1.54) is 0 Å². The first-order valence-electron chi connectivity index (χ1n) is 10.1. The second kappa shape index (κ2) is 8.47. The molecule has 0 unspecified atom stereocenters. The van der Waals surface area contributed by atoms with Gasteiger partial charge in [-0.2, -0.15) is 5.10 Å². The maximum atomic E-state index is 12.4. The highest BCUT2D eigenvalue weighted by atomic mass is 16.5. The smallest absolute Gasteiger partial charge is 0.326 e. The molecule has 4 aromatic rings. The molecule has 0 radical (unpaired) electrons. The number of rotatable bonds is 6. The molecule has 0 spiro atoms. The zero-order chi connectivity index (χ0) is 22.0. The van der Waals surface area contributed by atoms with Crippen LogP contribution in [-0.2, 0) is 20.9 Å². The largest absolute Gasteiger partial charge is 0.454 e. The van der Waals surface area contributed by atoms with Gasteiger partial charge in [-0.25, -0.2) is 4.68 Å². The van der Waals surface area contributed by atoms with Crippen molar-refractivity contribution in [3.8, 4) is 5.69 Å². The fourth-order valence-corrected chi connectivity index (χ4v) is 3.71. The number of anilines is 1. The number of ether oxygens (including phenoxy) is 1. The standard InChI is InChI=1S/C24H24N4O3/c1-16-13-27(21-12-8-7-11-20(16)21)14-23(30)31-15-22(29)25-24-17(2)26-28(18(24)3)19-9-5-4-6-10-19/h4-13H,14-15H2,1-3H3,(H,25,29). The van der Waals surface area contributed by atoms with Gasteiger partial charge in [-0.05, 0) is 44.5 Å². The summed E-state index contributed by atoms with van der Waals surface area (Å²) in [5.74, 6) is -0.870. The molecular formula is C24H24N4O3. The SMILES string of the molecule is Cc1nn(-c2ccccc2)c(C)c1NC(=O)COC(=O)Cn1cc(C)c2ccccc21. The van der Waals surface area contributed by atoms with Crippen LogP contribution in [0.2, 0.25) is 0 Å². The minimum atomic E-state index is -0.468. The zero-order valence-electron chi connectivity index (χ0n) is 17.8. The number of esters is 1. The van der Waals surface area contributed by atoms with E-state index >= 15 is 0 Å². The number of aromatic nitrogens is 3. The van der Waals surface area contributed by atoms with Crippen LogP contribution >= 0.6 is 0 Å². The summed E-state index contributed by atoms with van der Waals surface area (Å²) in [6.07, 6.45) is 1.91. The van der Waals surface area contributed by atoms with Gasteiger partial charge in [0.25, 0.3) is 5.91 Å². The second-order valence-electron chi connectivity index (χ2n) is 7.46. The number of nitrogens with zero attached hydrogens (tertiary/aromatic N) is 3. The molecular weight excluding hydrogens is 392 g/mol. The average molecular weight is 416 g/mol. The molecule has 0 aliphatic carbocycles. The van der Waals surface area contributed by atoms with Crippen molar-refractivity contribution in [3.63, 3.8) is 0 Å². The molecule has 7 nitrogen and oxygen atoms in total. The Morgan fingerprint density at radius 2 is 1.71 bits per heavy atom. The normalized spacial score (nSPS) is 10.9. The molecule has 2 aromatic heterocycles. The van der Waals surface area contributed by atoms with Gasteiger partial charge in [-0.15, -0.1) is 0 Å². The Balaban J connectivity index is 1.38. The Hall–Kier alpha value is -3.87. The van der Waals surface area contributed by atoms with Crippen LogP contribution in [0.25, 0.3) is 16.6 Å². The Morgan fingerprint density at radius 3 is 2.48 bits per heavy atom. The fraction of sp³-hybridized carbons (Fsp3) is 0.208. The first-order chi connectivity index (χ1) is 14.9. The Morgan fingerprint density at radius 1 is 1.00 bits per heavy atom. The van der Waals surface area contributed by atoms with Crippen LogP contribution in [0.1, 0.15) is 17.0 Å². The van der Waals surface area contributed by atoms with Gasteiger partial charge in [0.2, 0.25) is 0 Å². The van der Waals surface area contributed by atoms with Crippen molar-refractivity contribution < 1.29 is 14.3 Å². The van der Waals surface area contributed by atoms with Gasteiger partial charge in [0.1, 0.15) is 6.54 Å². The van der Waals surface area contributed by atoms with Gasteiger partial charge in [0.05, 0.1) is 22.8 Å². The van der Waals surface area contributed by atoms with E-state index in [0.717, 1.165) is 27.8 Å². The summed E-state index contributed by atoms with van der Waals surface area (Å²) in [5.41, 5.74) is 5.07. The van der Waals surface area contributed by atoms with Crippen molar-refractivity contribution >= 4 is 28.5 Å². The lowest BCUT2D eigenvalue weighted by Gasteiger charge is -2.09. The van der Waals surface area contributed by atoms with E-state index in [1.807, 2.05) is 86.1 Å². The molecule has 1 amide bonds. The molecule has 0 aliphatic rings. The molecule has 158 valence electrons. The summed E-state index contributed by atoms with van der Waals surface area (Å²) in [5, 5.41) is 8.41. The lowest BCUT2D eigenvalue weighted by molar-refractivity contribution is -0.147. The number of aryl methyl sites for hydroxylation is 2.